The maximum atomic E-state index is 13.0. The summed E-state index contributed by atoms with van der Waals surface area (Å²) in [7, 11) is 0. The van der Waals surface area contributed by atoms with Gasteiger partial charge >= 0.3 is 0 Å². The van der Waals surface area contributed by atoms with Crippen molar-refractivity contribution in [2.45, 2.75) is 45.1 Å². The maximum Gasteiger partial charge on any atom is 0.279 e. The number of benzene rings is 1. The van der Waals surface area contributed by atoms with Gasteiger partial charge < -0.3 is 9.80 Å². The van der Waals surface area contributed by atoms with Crippen molar-refractivity contribution in [2.75, 3.05) is 22.9 Å². The van der Waals surface area contributed by atoms with E-state index < -0.39 is 0 Å². The van der Waals surface area contributed by atoms with Crippen molar-refractivity contribution in [3.8, 4) is 0 Å². The number of aromatic nitrogens is 2. The zero-order valence-corrected chi connectivity index (χ0v) is 14.7. The van der Waals surface area contributed by atoms with Gasteiger partial charge in [-0.05, 0) is 49.9 Å². The van der Waals surface area contributed by atoms with Crippen LogP contribution in [0.3, 0.4) is 0 Å². The van der Waals surface area contributed by atoms with Crippen LogP contribution in [0, 0.1) is 0 Å². The lowest BCUT2D eigenvalue weighted by atomic mass is 10.1. The first-order valence-electron chi connectivity index (χ1n) is 9.24. The Balaban J connectivity index is 1.55. The summed E-state index contributed by atoms with van der Waals surface area (Å²) >= 11 is 0. The molecule has 3 heterocycles. The second kappa shape index (κ2) is 6.82. The summed E-state index contributed by atoms with van der Waals surface area (Å²) in [6, 6.07) is 12.0. The fourth-order valence-corrected chi connectivity index (χ4v) is 3.91. The number of nitrogens with zero attached hydrogens (tertiary/aromatic N) is 4. The van der Waals surface area contributed by atoms with Gasteiger partial charge in [0.1, 0.15) is 0 Å². The number of para-hydroxylation sites is 1. The molecule has 0 radical (unpaired) electrons. The Morgan fingerprint density at radius 3 is 2.48 bits per heavy atom. The first kappa shape index (κ1) is 16.1. The molecule has 0 saturated carbocycles. The highest BCUT2D eigenvalue weighted by atomic mass is 16.2. The lowest BCUT2D eigenvalue weighted by Crippen LogP contribution is -2.36. The van der Waals surface area contributed by atoms with Gasteiger partial charge in [-0.1, -0.05) is 31.0 Å². The number of hydrogen-bond acceptors (Lipinski definition) is 4. The molecule has 130 valence electrons. The fourth-order valence-electron chi connectivity index (χ4n) is 3.91. The Labute approximate surface area is 148 Å². The molecule has 0 spiro atoms. The van der Waals surface area contributed by atoms with Crippen LogP contribution in [0.15, 0.2) is 36.4 Å². The molecule has 0 bridgehead atoms. The van der Waals surface area contributed by atoms with Crippen LogP contribution >= 0.6 is 0 Å². The highest BCUT2D eigenvalue weighted by Gasteiger charge is 2.32. The first-order valence-corrected chi connectivity index (χ1v) is 9.24. The maximum absolute atomic E-state index is 13.0. The van der Waals surface area contributed by atoms with Gasteiger partial charge in [-0.25, -0.2) is 0 Å². The molecule has 25 heavy (non-hydrogen) atoms. The van der Waals surface area contributed by atoms with E-state index in [1.807, 2.05) is 35.2 Å². The van der Waals surface area contributed by atoms with Crippen molar-refractivity contribution < 1.29 is 4.79 Å². The number of anilines is 2. The van der Waals surface area contributed by atoms with E-state index in [4.69, 9.17) is 0 Å². The van der Waals surface area contributed by atoms with Crippen molar-refractivity contribution >= 4 is 17.4 Å². The molecule has 1 amide bonds. The van der Waals surface area contributed by atoms with Crippen molar-refractivity contribution in [2.24, 2.45) is 0 Å². The third-order valence-corrected chi connectivity index (χ3v) is 5.23. The molecule has 4 rings (SSSR count). The highest BCUT2D eigenvalue weighted by Crippen LogP contribution is 2.32. The van der Waals surface area contributed by atoms with Gasteiger partial charge in [-0.15, -0.1) is 10.2 Å². The predicted molar refractivity (Wildman–Crippen MR) is 99.1 cm³/mol. The van der Waals surface area contributed by atoms with Gasteiger partial charge in [0, 0.05) is 24.8 Å². The van der Waals surface area contributed by atoms with Gasteiger partial charge in [0.2, 0.25) is 0 Å². The SMILES string of the molecule is CC1Cc2ccccc2N1C(=O)c1ccc(N2CCCCCC2)nn1. The van der Waals surface area contributed by atoms with Gasteiger partial charge in [0.05, 0.1) is 0 Å². The monoisotopic (exact) mass is 336 g/mol. The molecule has 2 aliphatic rings. The van der Waals surface area contributed by atoms with Gasteiger partial charge in [-0.2, -0.15) is 0 Å². The minimum atomic E-state index is -0.0626. The Morgan fingerprint density at radius 1 is 1.00 bits per heavy atom. The first-order chi connectivity index (χ1) is 12.2. The third kappa shape index (κ3) is 3.11. The van der Waals surface area contributed by atoms with E-state index in [9.17, 15) is 4.79 Å². The van der Waals surface area contributed by atoms with E-state index in [0.29, 0.717) is 5.69 Å². The molecule has 1 atom stereocenters. The smallest absolute Gasteiger partial charge is 0.279 e. The van der Waals surface area contributed by atoms with Crippen LogP contribution in [0.2, 0.25) is 0 Å². The van der Waals surface area contributed by atoms with Crippen LogP contribution in [-0.4, -0.2) is 35.2 Å². The molecule has 5 nitrogen and oxygen atoms in total. The molecule has 5 heteroatoms. The van der Waals surface area contributed by atoms with Crippen molar-refractivity contribution in [1.29, 1.82) is 0 Å². The average molecular weight is 336 g/mol. The summed E-state index contributed by atoms with van der Waals surface area (Å²) < 4.78 is 0. The van der Waals surface area contributed by atoms with Crippen molar-refractivity contribution in [3.05, 3.63) is 47.7 Å². The molecule has 1 unspecified atom stereocenters. The number of carbonyl (C=O) groups is 1. The van der Waals surface area contributed by atoms with Crippen LogP contribution in [0.1, 0.15) is 48.7 Å². The van der Waals surface area contributed by atoms with Gasteiger partial charge in [0.25, 0.3) is 5.91 Å². The number of rotatable bonds is 2. The topological polar surface area (TPSA) is 49.3 Å². The Hall–Kier alpha value is -2.43. The third-order valence-electron chi connectivity index (χ3n) is 5.23. The van der Waals surface area contributed by atoms with Crippen LogP contribution in [0.25, 0.3) is 0 Å². The normalized spacial score (nSPS) is 20.3. The molecule has 2 aromatic rings. The summed E-state index contributed by atoms with van der Waals surface area (Å²) in [6.07, 6.45) is 5.86. The van der Waals surface area contributed by atoms with E-state index in [-0.39, 0.29) is 11.9 Å². The summed E-state index contributed by atoms with van der Waals surface area (Å²) in [5.41, 5.74) is 2.64. The summed E-state index contributed by atoms with van der Waals surface area (Å²) in [6.45, 7) is 4.13. The summed E-state index contributed by atoms with van der Waals surface area (Å²) in [5, 5.41) is 8.60. The Kier molecular flexibility index (Phi) is 4.38. The van der Waals surface area contributed by atoms with Crippen LogP contribution in [0.4, 0.5) is 11.5 Å². The van der Waals surface area contributed by atoms with Crippen molar-refractivity contribution in [1.82, 2.24) is 10.2 Å². The van der Waals surface area contributed by atoms with Crippen LogP contribution in [-0.2, 0) is 6.42 Å². The largest absolute Gasteiger partial charge is 0.355 e. The molecule has 1 saturated heterocycles. The van der Waals surface area contributed by atoms with Crippen molar-refractivity contribution in [3.63, 3.8) is 0 Å². The second-order valence-corrected chi connectivity index (χ2v) is 7.04. The molecule has 0 aliphatic carbocycles. The summed E-state index contributed by atoms with van der Waals surface area (Å²) in [4.78, 5) is 17.1. The molecule has 0 N–H and O–H groups in total. The second-order valence-electron chi connectivity index (χ2n) is 7.04. The molecular weight excluding hydrogens is 312 g/mol. The van der Waals surface area contributed by atoms with E-state index in [2.05, 4.69) is 28.1 Å². The quantitative estimate of drug-likeness (QED) is 0.843. The Morgan fingerprint density at radius 2 is 1.76 bits per heavy atom. The van der Waals surface area contributed by atoms with E-state index in [0.717, 1.165) is 31.0 Å². The molecular formula is C20H24N4O. The van der Waals surface area contributed by atoms with Crippen LogP contribution in [0.5, 0.6) is 0 Å². The zero-order chi connectivity index (χ0) is 17.2. The van der Waals surface area contributed by atoms with Gasteiger partial charge in [-0.3, -0.25) is 4.79 Å². The number of carbonyl (C=O) groups excluding carboxylic acids is 1. The highest BCUT2D eigenvalue weighted by molar-refractivity contribution is 6.06. The lowest BCUT2D eigenvalue weighted by molar-refractivity contribution is 0.0975. The summed E-state index contributed by atoms with van der Waals surface area (Å²) in [5.74, 6) is 0.820. The van der Waals surface area contributed by atoms with Gasteiger partial charge in [0.15, 0.2) is 11.5 Å². The number of fused-ring (bicyclic) bond motifs is 1. The van der Waals surface area contributed by atoms with E-state index in [1.165, 1.54) is 31.2 Å². The van der Waals surface area contributed by atoms with E-state index in [1.54, 1.807) is 0 Å². The Bertz CT molecular complexity index is 751. The van der Waals surface area contributed by atoms with E-state index >= 15 is 0 Å². The lowest BCUT2D eigenvalue weighted by Gasteiger charge is -2.23. The number of amides is 1. The average Bonchev–Trinajstić information content (AvgIpc) is 2.81. The standard InChI is InChI=1S/C20H24N4O/c1-15-14-16-8-4-5-9-18(16)24(15)20(25)17-10-11-19(22-21-17)23-12-6-2-3-7-13-23/h4-5,8-11,15H,2-3,6-7,12-14H2,1H3. The predicted octanol–water partition coefficient (Wildman–Crippen LogP) is 3.45. The zero-order valence-electron chi connectivity index (χ0n) is 14.7. The molecule has 1 aromatic carbocycles. The number of hydrogen-bond donors (Lipinski definition) is 0. The van der Waals surface area contributed by atoms with Crippen LogP contribution < -0.4 is 9.80 Å². The fraction of sp³-hybridized carbons (Fsp3) is 0.450. The molecule has 1 aromatic heterocycles. The molecule has 1 fully saturated rings. The minimum Gasteiger partial charge on any atom is -0.355 e. The molecule has 2 aliphatic heterocycles. The minimum absolute atomic E-state index is 0.0626.